The van der Waals surface area contributed by atoms with E-state index in [0.29, 0.717) is 0 Å². The van der Waals surface area contributed by atoms with Crippen molar-refractivity contribution >= 4 is 23.1 Å². The zero-order valence-electron chi connectivity index (χ0n) is 2.64. The molecule has 0 rings (SSSR count). The predicted molar refractivity (Wildman–Crippen MR) is 7.81 cm³/mol. The molecule has 0 spiro atoms. The number of hydrogen-bond acceptors (Lipinski definition) is 1. The van der Waals surface area contributed by atoms with Crippen LogP contribution in [0.3, 0.4) is 0 Å². The standard InChI is InChI=1S/Cr.Cu.Mg.3O/q+3;;+2;;2*-2. The molecule has 0 aliphatic carbocycles. The molecular formula is CrCuMgO3+. The normalized spacial score (nSPS) is 1.00. The fourth-order valence-corrected chi connectivity index (χ4v) is 0. The van der Waals surface area contributed by atoms with E-state index in [1.807, 2.05) is 0 Å². The fraction of sp³-hybridized carbons (Fsp3) is 0. The molecule has 3 nitrogen and oxygen atoms in total. The van der Waals surface area contributed by atoms with Crippen LogP contribution in [0.25, 0.3) is 0 Å². The number of rotatable bonds is 0. The molecule has 6 heavy (non-hydrogen) atoms. The third-order valence-corrected chi connectivity index (χ3v) is 0. The van der Waals surface area contributed by atoms with E-state index in [9.17, 15) is 0 Å². The molecule has 0 aromatic rings. The van der Waals surface area contributed by atoms with Crippen LogP contribution in [0, 0.1) is 0 Å². The first kappa shape index (κ1) is 50.0. The first-order valence-corrected chi connectivity index (χ1v) is 0.508. The van der Waals surface area contributed by atoms with Crippen LogP contribution in [0.5, 0.6) is 0 Å². The summed E-state index contributed by atoms with van der Waals surface area (Å²) in [5.74, 6) is 0. The maximum absolute atomic E-state index is 7.81. The molecular weight excluding hydrogens is 188 g/mol. The van der Waals surface area contributed by atoms with Gasteiger partial charge in [0.25, 0.3) is 0 Å². The molecule has 0 saturated carbocycles. The van der Waals surface area contributed by atoms with E-state index >= 15 is 0 Å². The third kappa shape index (κ3) is 48.2. The molecule has 0 aromatic heterocycles. The Hall–Kier alpha value is 1.54. The quantitative estimate of drug-likeness (QED) is 0.461. The second kappa shape index (κ2) is 84.8. The summed E-state index contributed by atoms with van der Waals surface area (Å²) in [5, 5.41) is 0. The second-order valence-corrected chi connectivity index (χ2v) is 0. The molecule has 0 N–H and O–H groups in total. The van der Waals surface area contributed by atoms with Gasteiger partial charge in [0.1, 0.15) is 0 Å². The summed E-state index contributed by atoms with van der Waals surface area (Å²) in [5.41, 5.74) is 0. The Morgan fingerprint density at radius 1 is 1.00 bits per heavy atom. The van der Waals surface area contributed by atoms with Gasteiger partial charge in [-0.05, 0) is 0 Å². The van der Waals surface area contributed by atoms with Gasteiger partial charge in [-0.1, -0.05) is 0 Å². The Morgan fingerprint density at radius 2 is 1.00 bits per heavy atom. The van der Waals surface area contributed by atoms with Gasteiger partial charge in [0.15, 0.2) is 0 Å². The Bertz CT molecular complexity index is 10.8. The van der Waals surface area contributed by atoms with Crippen molar-refractivity contribution in [1.29, 1.82) is 0 Å². The van der Waals surface area contributed by atoms with Gasteiger partial charge in [-0.25, -0.2) is 0 Å². The van der Waals surface area contributed by atoms with Crippen LogP contribution in [0.4, 0.5) is 0 Å². The van der Waals surface area contributed by atoms with Gasteiger partial charge in [-0.15, -0.1) is 0 Å². The van der Waals surface area contributed by atoms with Crippen LogP contribution in [0.2, 0.25) is 0 Å². The van der Waals surface area contributed by atoms with Crippen molar-refractivity contribution in [2.45, 2.75) is 0 Å². The van der Waals surface area contributed by atoms with Gasteiger partial charge in [0.2, 0.25) is 0 Å². The third-order valence-electron chi connectivity index (χ3n) is 0. The van der Waals surface area contributed by atoms with Crippen LogP contribution in [0.1, 0.15) is 0 Å². The molecule has 0 bridgehead atoms. The molecule has 0 unspecified atom stereocenters. The molecule has 0 heterocycles. The monoisotopic (exact) mass is 187 g/mol. The van der Waals surface area contributed by atoms with E-state index < -0.39 is 0 Å². The Labute approximate surface area is 70.8 Å². The maximum atomic E-state index is 7.81. The Morgan fingerprint density at radius 3 is 1.00 bits per heavy atom. The van der Waals surface area contributed by atoms with E-state index in [2.05, 4.69) is 15.9 Å². The van der Waals surface area contributed by atoms with Crippen molar-refractivity contribution in [3.05, 3.63) is 0 Å². The summed E-state index contributed by atoms with van der Waals surface area (Å²) >= 11 is 2.94. The van der Waals surface area contributed by atoms with Crippen LogP contribution in [-0.2, 0) is 48.1 Å². The Balaban J connectivity index is -0.000000000833. The SMILES string of the molecule is [Cr+3].[Mg+2].[O-2].[O-2].[O]=[Cu]. The molecule has 0 aliphatic rings. The average Bonchev–Trinajstić information content (AvgIpc) is 1.00. The van der Waals surface area contributed by atoms with Crippen molar-refractivity contribution in [3.8, 4) is 0 Å². The van der Waals surface area contributed by atoms with Crippen molar-refractivity contribution in [3.63, 3.8) is 0 Å². The Kier molecular flexibility index (Phi) is 707. The van der Waals surface area contributed by atoms with Crippen LogP contribution in [-0.4, -0.2) is 23.1 Å². The molecule has 0 amide bonds. The molecule has 0 aliphatic heterocycles. The summed E-state index contributed by atoms with van der Waals surface area (Å²) in [4.78, 5) is 0. The molecule has 0 saturated heterocycles. The van der Waals surface area contributed by atoms with Gasteiger partial charge in [0.05, 0.1) is 0 Å². The first-order valence-electron chi connectivity index (χ1n) is 0.123. The van der Waals surface area contributed by atoms with Crippen LogP contribution in [0.15, 0.2) is 0 Å². The molecule has 36 valence electrons. The van der Waals surface area contributed by atoms with E-state index in [4.69, 9.17) is 3.83 Å². The van der Waals surface area contributed by atoms with Gasteiger partial charge in [0, 0.05) is 0 Å². The van der Waals surface area contributed by atoms with E-state index in [0.717, 1.165) is 0 Å². The zero-order chi connectivity index (χ0) is 2.00. The zero-order valence-corrected chi connectivity index (χ0v) is 6.27. The first-order chi connectivity index (χ1) is 1.00. The van der Waals surface area contributed by atoms with Gasteiger partial charge in [-0.2, -0.15) is 0 Å². The fourth-order valence-electron chi connectivity index (χ4n) is 0. The second-order valence-electron chi connectivity index (χ2n) is 0. The number of hydrogen-bond donors (Lipinski definition) is 0. The summed E-state index contributed by atoms with van der Waals surface area (Å²) < 4.78 is 7.81. The van der Waals surface area contributed by atoms with E-state index in [1.54, 1.807) is 0 Å². The van der Waals surface area contributed by atoms with Gasteiger partial charge < -0.3 is 11.0 Å². The minimum absolute atomic E-state index is 0. The predicted octanol–water partition coefficient (Wildman–Crippen LogP) is -0.742. The minimum atomic E-state index is 0. The molecule has 1 radical (unpaired) electrons. The van der Waals surface area contributed by atoms with Crippen molar-refractivity contribution in [1.82, 2.24) is 0 Å². The van der Waals surface area contributed by atoms with Crippen molar-refractivity contribution in [2.75, 3.05) is 0 Å². The summed E-state index contributed by atoms with van der Waals surface area (Å²) in [7, 11) is 0. The van der Waals surface area contributed by atoms with Crippen LogP contribution >= 0.6 is 0 Å². The molecule has 0 aromatic carbocycles. The van der Waals surface area contributed by atoms with E-state index in [1.165, 1.54) is 0 Å². The molecule has 0 fully saturated rings. The summed E-state index contributed by atoms with van der Waals surface area (Å²) in [6.45, 7) is 0. The van der Waals surface area contributed by atoms with Crippen molar-refractivity contribution in [2.24, 2.45) is 0 Å². The summed E-state index contributed by atoms with van der Waals surface area (Å²) in [6.07, 6.45) is 0. The van der Waals surface area contributed by atoms with Crippen LogP contribution < -0.4 is 0 Å². The van der Waals surface area contributed by atoms with E-state index in [-0.39, 0.29) is 51.4 Å². The summed E-state index contributed by atoms with van der Waals surface area (Å²) in [6, 6.07) is 0. The average molecular weight is 188 g/mol. The van der Waals surface area contributed by atoms with Crippen molar-refractivity contribution < 1.29 is 48.1 Å². The molecule has 6 heteroatoms. The van der Waals surface area contributed by atoms with Gasteiger partial charge >= 0.3 is 60.2 Å². The van der Waals surface area contributed by atoms with Gasteiger partial charge in [-0.3, -0.25) is 0 Å². The topological polar surface area (TPSA) is 74.1 Å². The molecule has 0 atom stereocenters.